The first-order valence-corrected chi connectivity index (χ1v) is 6.96. The van der Waals surface area contributed by atoms with Gasteiger partial charge in [-0.2, -0.15) is 4.79 Å². The molecule has 0 spiro atoms. The summed E-state index contributed by atoms with van der Waals surface area (Å²) < 4.78 is 5.19. The molecule has 4 nitrogen and oxygen atoms in total. The quantitative estimate of drug-likeness (QED) is 0.221. The highest BCUT2D eigenvalue weighted by Gasteiger charge is 2.22. The van der Waals surface area contributed by atoms with E-state index in [2.05, 4.69) is 37.7 Å². The van der Waals surface area contributed by atoms with Crippen LogP contribution in [-0.2, 0) is 9.53 Å². The van der Waals surface area contributed by atoms with Gasteiger partial charge in [0.2, 0.25) is 0 Å². The van der Waals surface area contributed by atoms with Crippen molar-refractivity contribution >= 4 is 12.2 Å². The second-order valence-corrected chi connectivity index (χ2v) is 5.83. The molecule has 0 fully saturated rings. The summed E-state index contributed by atoms with van der Waals surface area (Å²) in [5.41, 5.74) is 10.4. The van der Waals surface area contributed by atoms with Gasteiger partial charge in [0.15, 0.2) is 0 Å². The number of nitrogens with zero attached hydrogens (tertiary/aromatic N) is 2. The Bertz CT molecular complexity index is 424. The first kappa shape index (κ1) is 18.3. The Morgan fingerprint density at radius 1 is 1.20 bits per heavy atom. The van der Waals surface area contributed by atoms with Crippen molar-refractivity contribution in [1.29, 1.82) is 0 Å². The van der Waals surface area contributed by atoms with Crippen LogP contribution in [0.5, 0.6) is 0 Å². The van der Waals surface area contributed by atoms with Crippen molar-refractivity contribution in [2.24, 2.45) is 0 Å². The lowest BCUT2D eigenvalue weighted by atomic mass is 10.0. The topological polar surface area (TPSA) is 62.7 Å². The van der Waals surface area contributed by atoms with Gasteiger partial charge in [0.25, 0.3) is 0 Å². The van der Waals surface area contributed by atoms with Crippen LogP contribution < -0.4 is 0 Å². The lowest BCUT2D eigenvalue weighted by Gasteiger charge is -2.22. The molecule has 0 aromatic heterocycles. The minimum absolute atomic E-state index is 0.561. The molecule has 0 aliphatic heterocycles. The van der Waals surface area contributed by atoms with Gasteiger partial charge in [-0.05, 0) is 60.3 Å². The molecule has 0 aliphatic carbocycles. The molecule has 0 heterocycles. The van der Waals surface area contributed by atoms with Crippen molar-refractivity contribution in [3.8, 4) is 0 Å². The molecule has 0 saturated heterocycles. The highest BCUT2D eigenvalue weighted by atomic mass is 16.6. The molecule has 0 atom stereocenters. The fourth-order valence-electron chi connectivity index (χ4n) is 1.75. The third kappa shape index (κ3) is 10.3. The minimum Gasteiger partial charge on any atom is -0.451 e. The van der Waals surface area contributed by atoms with E-state index >= 15 is 0 Å². The highest BCUT2D eigenvalue weighted by Crippen LogP contribution is 2.18. The highest BCUT2D eigenvalue weighted by molar-refractivity contribution is 6.20. The number of rotatable bonds is 8. The van der Waals surface area contributed by atoms with Crippen LogP contribution in [0.1, 0.15) is 60.3 Å². The number of carbonyl (C=O) groups excluding carboxylic acids is 1. The fourth-order valence-corrected chi connectivity index (χ4v) is 1.75. The Kier molecular flexibility index (Phi) is 8.49. The van der Waals surface area contributed by atoms with Crippen molar-refractivity contribution in [3.63, 3.8) is 0 Å². The molecule has 0 bridgehead atoms. The van der Waals surface area contributed by atoms with Gasteiger partial charge in [0.1, 0.15) is 5.60 Å². The van der Waals surface area contributed by atoms with Crippen molar-refractivity contribution in [1.82, 2.24) is 0 Å². The zero-order valence-electron chi connectivity index (χ0n) is 13.3. The van der Waals surface area contributed by atoms with E-state index in [1.807, 2.05) is 13.8 Å². The lowest BCUT2D eigenvalue weighted by Crippen LogP contribution is -2.28. The van der Waals surface area contributed by atoms with Crippen LogP contribution in [0, 0.1) is 0 Å². The van der Waals surface area contributed by atoms with Gasteiger partial charge in [0.05, 0.1) is 0 Å². The largest absolute Gasteiger partial charge is 0.451 e. The Balaban J connectivity index is 4.16. The number of esters is 1. The molecule has 0 unspecified atom stereocenters. The Hall–Kier alpha value is -1.67. The molecule has 0 aliphatic rings. The van der Waals surface area contributed by atoms with Crippen LogP contribution >= 0.6 is 0 Å². The summed E-state index contributed by atoms with van der Waals surface area (Å²) in [7, 11) is 0. The van der Waals surface area contributed by atoms with Crippen LogP contribution in [0.15, 0.2) is 23.3 Å². The molecule has 0 aromatic rings. The number of hydrogen-bond donors (Lipinski definition) is 0. The molecule has 0 N–H and O–H groups in total. The average molecular weight is 278 g/mol. The number of ether oxygens (including phenoxy) is 1. The summed E-state index contributed by atoms with van der Waals surface area (Å²) in [5, 5.41) is 0. The third-order valence-corrected chi connectivity index (χ3v) is 2.87. The summed E-state index contributed by atoms with van der Waals surface area (Å²) in [6.45, 7) is 10.0. The molecule has 0 amide bonds. The van der Waals surface area contributed by atoms with E-state index in [9.17, 15) is 4.79 Å². The van der Waals surface area contributed by atoms with Gasteiger partial charge >= 0.3 is 12.2 Å². The number of hydrogen-bond acceptors (Lipinski definition) is 2. The van der Waals surface area contributed by atoms with Crippen molar-refractivity contribution in [3.05, 3.63) is 28.8 Å². The van der Waals surface area contributed by atoms with E-state index in [1.165, 1.54) is 11.1 Å². The summed E-state index contributed by atoms with van der Waals surface area (Å²) >= 11 is 0. The normalized spacial score (nSPS) is 11.6. The smallest absolute Gasteiger partial charge is 0.414 e. The maximum atomic E-state index is 11.2. The monoisotopic (exact) mass is 278 g/mol. The van der Waals surface area contributed by atoms with E-state index in [0.717, 1.165) is 31.9 Å². The van der Waals surface area contributed by atoms with Crippen LogP contribution in [0.4, 0.5) is 0 Å². The third-order valence-electron chi connectivity index (χ3n) is 2.87. The SMILES string of the molecule is CC(C)=CCC/C(C)=C\CCC(C)(C)OC(=O)C=[N+]=[N-]. The molecular weight excluding hydrogens is 252 g/mol. The number of carbonyl (C=O) groups is 1. The van der Waals surface area contributed by atoms with Crippen LogP contribution in [0.3, 0.4) is 0 Å². The van der Waals surface area contributed by atoms with E-state index < -0.39 is 11.6 Å². The second-order valence-electron chi connectivity index (χ2n) is 5.83. The number of allylic oxidation sites excluding steroid dienone is 4. The van der Waals surface area contributed by atoms with Crippen LogP contribution in [0.2, 0.25) is 0 Å². The van der Waals surface area contributed by atoms with Gasteiger partial charge < -0.3 is 10.3 Å². The van der Waals surface area contributed by atoms with E-state index in [-0.39, 0.29) is 0 Å². The Morgan fingerprint density at radius 3 is 2.40 bits per heavy atom. The summed E-state index contributed by atoms with van der Waals surface area (Å²) in [4.78, 5) is 13.9. The van der Waals surface area contributed by atoms with Gasteiger partial charge in [-0.25, -0.2) is 4.79 Å². The van der Waals surface area contributed by atoms with Crippen molar-refractivity contribution < 1.29 is 14.3 Å². The van der Waals surface area contributed by atoms with Crippen molar-refractivity contribution in [2.75, 3.05) is 0 Å². The predicted octanol–water partition coefficient (Wildman–Crippen LogP) is 4.08. The van der Waals surface area contributed by atoms with Gasteiger partial charge in [-0.1, -0.05) is 23.3 Å². The van der Waals surface area contributed by atoms with Gasteiger partial charge in [-0.15, -0.1) is 0 Å². The molecule has 0 saturated carbocycles. The van der Waals surface area contributed by atoms with Gasteiger partial charge in [-0.3, -0.25) is 0 Å². The van der Waals surface area contributed by atoms with Crippen LogP contribution in [-0.4, -0.2) is 22.6 Å². The zero-order chi connectivity index (χ0) is 15.6. The molecule has 0 rings (SSSR count). The Labute approximate surface area is 122 Å². The standard InChI is InChI=1S/C16H26N2O2/c1-13(2)8-6-9-14(3)10-7-11-16(4,5)20-15(19)12-18-17/h8,10,12H,6-7,9,11H2,1-5H3/b14-10-. The molecule has 20 heavy (non-hydrogen) atoms. The molecule has 0 aromatic carbocycles. The second kappa shape index (κ2) is 9.27. The van der Waals surface area contributed by atoms with E-state index in [1.54, 1.807) is 0 Å². The van der Waals surface area contributed by atoms with E-state index in [0.29, 0.717) is 0 Å². The first-order chi connectivity index (χ1) is 9.26. The zero-order valence-corrected chi connectivity index (χ0v) is 13.3. The maximum absolute atomic E-state index is 11.2. The van der Waals surface area contributed by atoms with E-state index in [4.69, 9.17) is 10.3 Å². The summed E-state index contributed by atoms with van der Waals surface area (Å²) in [6.07, 6.45) is 8.90. The maximum Gasteiger partial charge on any atom is 0.414 e. The van der Waals surface area contributed by atoms with Crippen LogP contribution in [0.25, 0.3) is 5.53 Å². The summed E-state index contributed by atoms with van der Waals surface area (Å²) in [5.74, 6) is -0.623. The first-order valence-electron chi connectivity index (χ1n) is 6.96. The molecule has 112 valence electrons. The summed E-state index contributed by atoms with van der Waals surface area (Å²) in [6, 6.07) is 0. The van der Waals surface area contributed by atoms with Gasteiger partial charge in [0, 0.05) is 0 Å². The molecule has 0 radical (unpaired) electrons. The predicted molar refractivity (Wildman–Crippen MR) is 81.5 cm³/mol. The molecular formula is C16H26N2O2. The Morgan fingerprint density at radius 2 is 1.85 bits per heavy atom. The lowest BCUT2D eigenvalue weighted by molar-refractivity contribution is -0.151. The minimum atomic E-state index is -0.623. The molecule has 4 heteroatoms. The van der Waals surface area contributed by atoms with Crippen molar-refractivity contribution in [2.45, 2.75) is 65.9 Å². The average Bonchev–Trinajstić information content (AvgIpc) is 2.27. The fraction of sp³-hybridized carbons (Fsp3) is 0.625.